The van der Waals surface area contributed by atoms with Crippen molar-refractivity contribution in [3.05, 3.63) is 71.1 Å². The minimum Gasteiger partial charge on any atom is -0.494 e. The van der Waals surface area contributed by atoms with Gasteiger partial charge in [-0.1, -0.05) is 35.9 Å². The van der Waals surface area contributed by atoms with E-state index >= 15 is 0 Å². The Bertz CT molecular complexity index is 1190. The Labute approximate surface area is 168 Å². The number of aromatic nitrogens is 1. The lowest BCUT2D eigenvalue weighted by atomic mass is 9.97. The molecule has 0 aliphatic rings. The molecule has 0 bridgehead atoms. The van der Waals surface area contributed by atoms with Gasteiger partial charge in [-0.15, -0.1) is 0 Å². The maximum Gasteiger partial charge on any atom is 0.342 e. The van der Waals surface area contributed by atoms with Gasteiger partial charge in [-0.25, -0.2) is 15.0 Å². The van der Waals surface area contributed by atoms with Crippen LogP contribution in [-0.4, -0.2) is 36.5 Å². The molecular formula is C21H20N2O5S. The minimum absolute atomic E-state index is 0.00769. The van der Waals surface area contributed by atoms with Crippen LogP contribution >= 0.6 is 0 Å². The molecule has 0 saturated carbocycles. The number of ether oxygens (including phenoxy) is 1. The van der Waals surface area contributed by atoms with Crippen LogP contribution < -0.4 is 0 Å². The number of H-pyrrole nitrogens is 1. The van der Waals surface area contributed by atoms with Crippen LogP contribution in [0, 0.1) is 13.5 Å². The van der Waals surface area contributed by atoms with Crippen LogP contribution in [0.3, 0.4) is 0 Å². The van der Waals surface area contributed by atoms with Gasteiger partial charge in [-0.2, -0.15) is 0 Å². The Hall–Kier alpha value is -3.31. The van der Waals surface area contributed by atoms with E-state index in [0.717, 1.165) is 5.56 Å². The summed E-state index contributed by atoms with van der Waals surface area (Å²) in [7, 11) is -4.22. The lowest BCUT2D eigenvalue weighted by molar-refractivity contribution is -0.144. The third-order valence-corrected chi connectivity index (χ3v) is 6.60. The van der Waals surface area contributed by atoms with Crippen molar-refractivity contribution in [3.63, 3.8) is 0 Å². The molecule has 0 radical (unpaired) electrons. The van der Waals surface area contributed by atoms with E-state index in [2.05, 4.69) is 9.83 Å². The second kappa shape index (κ2) is 7.97. The highest BCUT2D eigenvalue weighted by atomic mass is 32.2. The summed E-state index contributed by atoms with van der Waals surface area (Å²) in [6.07, 6.45) is 0. The second-order valence-corrected chi connectivity index (χ2v) is 8.58. The number of aromatic amines is 1. The molecule has 150 valence electrons. The predicted octanol–water partition coefficient (Wildman–Crippen LogP) is 3.55. The monoisotopic (exact) mass is 412 g/mol. The van der Waals surface area contributed by atoms with Gasteiger partial charge in [-0.05, 0) is 32.0 Å². The summed E-state index contributed by atoms with van der Waals surface area (Å²) in [5.74, 6) is -2.77. The number of benzene rings is 2. The Kier molecular flexibility index (Phi) is 5.62. The number of aryl methyl sites for hydroxylation is 1. The van der Waals surface area contributed by atoms with Gasteiger partial charge >= 0.3 is 11.3 Å². The molecule has 0 aliphatic heterocycles. The number of carbonyl (C=O) groups excluding carboxylic acids is 1. The van der Waals surface area contributed by atoms with Gasteiger partial charge in [0.05, 0.1) is 11.5 Å². The Morgan fingerprint density at radius 2 is 1.86 bits per heavy atom. The quantitative estimate of drug-likeness (QED) is 0.476. The fourth-order valence-electron chi connectivity index (χ4n) is 3.26. The van der Waals surface area contributed by atoms with Crippen LogP contribution in [-0.2, 0) is 19.4 Å². The third kappa shape index (κ3) is 3.69. The average Bonchev–Trinajstić information content (AvgIpc) is 3.01. The summed E-state index contributed by atoms with van der Waals surface area (Å²) >= 11 is 0. The first-order valence-electron chi connectivity index (χ1n) is 8.94. The molecule has 2 aromatic carbocycles. The van der Waals surface area contributed by atoms with Gasteiger partial charge in [-0.3, -0.25) is 9.64 Å². The molecule has 3 rings (SSSR count). The van der Waals surface area contributed by atoms with Gasteiger partial charge in [0.2, 0.25) is 0 Å². The number of nitrogens with zero attached hydrogens (tertiary/aromatic N) is 1. The number of carbonyl (C=O) groups is 1. The Balaban J connectivity index is 2.22. The van der Waals surface area contributed by atoms with Crippen LogP contribution in [0.15, 0.2) is 53.4 Å². The Morgan fingerprint density at radius 3 is 2.48 bits per heavy atom. The number of aromatic hydroxyl groups is 1. The third-order valence-electron chi connectivity index (χ3n) is 4.66. The lowest BCUT2D eigenvalue weighted by Crippen LogP contribution is -2.32. The molecule has 2 atom stereocenters. The van der Waals surface area contributed by atoms with E-state index < -0.39 is 27.1 Å². The van der Waals surface area contributed by atoms with Crippen molar-refractivity contribution >= 4 is 26.7 Å². The molecule has 2 N–H and O–H groups in total. The standard InChI is InChI=1S/C21H20N2O5S/c1-4-28-21(25)18(17-15-7-5-6-8-16(15)23-19(17)24)20(22-3)29(26,27)14-11-9-13(2)10-12-14/h5-12,18,20,23-24H,4H2,1-2H3. The second-order valence-electron chi connectivity index (χ2n) is 6.54. The summed E-state index contributed by atoms with van der Waals surface area (Å²) in [5.41, 5.74) is 1.42. The van der Waals surface area contributed by atoms with Gasteiger partial charge < -0.3 is 14.8 Å². The van der Waals surface area contributed by atoms with Crippen LogP contribution in [0.5, 0.6) is 5.88 Å². The van der Waals surface area contributed by atoms with Crippen molar-refractivity contribution in [1.82, 2.24) is 4.98 Å². The fourth-order valence-corrected chi connectivity index (χ4v) is 4.80. The molecular weight excluding hydrogens is 392 g/mol. The zero-order valence-corrected chi connectivity index (χ0v) is 16.7. The van der Waals surface area contributed by atoms with Crippen molar-refractivity contribution in [3.8, 4) is 5.88 Å². The van der Waals surface area contributed by atoms with Gasteiger partial charge in [0.25, 0.3) is 9.84 Å². The zero-order valence-electron chi connectivity index (χ0n) is 15.9. The van der Waals surface area contributed by atoms with Crippen molar-refractivity contribution in [2.75, 3.05) is 6.61 Å². The number of esters is 1. The molecule has 1 aromatic heterocycles. The molecule has 1 heterocycles. The van der Waals surface area contributed by atoms with Crippen LogP contribution in [0.25, 0.3) is 15.7 Å². The summed E-state index contributed by atoms with van der Waals surface area (Å²) in [5, 5.41) is 9.14. The van der Waals surface area contributed by atoms with Gasteiger partial charge in [0.1, 0.15) is 0 Å². The van der Waals surface area contributed by atoms with Crippen LogP contribution in [0.2, 0.25) is 0 Å². The smallest absolute Gasteiger partial charge is 0.342 e. The van der Waals surface area contributed by atoms with E-state index in [9.17, 15) is 18.3 Å². The largest absolute Gasteiger partial charge is 0.494 e. The van der Waals surface area contributed by atoms with Crippen LogP contribution in [0.4, 0.5) is 0 Å². The molecule has 0 aliphatic carbocycles. The fraction of sp³-hybridized carbons (Fsp3) is 0.238. The number of nitrogens with one attached hydrogen (secondary N) is 1. The number of rotatable bonds is 6. The maximum absolute atomic E-state index is 13.3. The molecule has 0 fully saturated rings. The number of para-hydroxylation sites is 1. The first-order valence-corrected chi connectivity index (χ1v) is 10.5. The number of sulfone groups is 1. The van der Waals surface area contributed by atoms with E-state index in [1.807, 2.05) is 6.92 Å². The normalized spacial score (nSPS) is 13.6. The van der Waals surface area contributed by atoms with E-state index in [-0.39, 0.29) is 22.9 Å². The topological polar surface area (TPSA) is 101 Å². The first kappa shape index (κ1) is 20.4. The summed E-state index contributed by atoms with van der Waals surface area (Å²) in [4.78, 5) is 18.8. The molecule has 7 nitrogen and oxygen atoms in total. The van der Waals surface area contributed by atoms with Gasteiger partial charge in [0.15, 0.2) is 11.8 Å². The number of hydrogen-bond donors (Lipinski definition) is 2. The lowest BCUT2D eigenvalue weighted by Gasteiger charge is -2.18. The summed E-state index contributed by atoms with van der Waals surface area (Å²) in [6.45, 7) is 11.0. The molecule has 29 heavy (non-hydrogen) atoms. The minimum atomic E-state index is -4.22. The molecule has 3 aromatic rings. The van der Waals surface area contributed by atoms with Crippen molar-refractivity contribution in [1.29, 1.82) is 0 Å². The highest BCUT2D eigenvalue weighted by molar-refractivity contribution is 7.92. The van der Waals surface area contributed by atoms with E-state index in [1.54, 1.807) is 43.3 Å². The van der Waals surface area contributed by atoms with E-state index in [0.29, 0.717) is 10.9 Å². The van der Waals surface area contributed by atoms with Gasteiger partial charge in [0, 0.05) is 16.5 Å². The summed E-state index contributed by atoms with van der Waals surface area (Å²) < 4.78 is 31.6. The molecule has 8 heteroatoms. The highest BCUT2D eigenvalue weighted by Crippen LogP contribution is 2.40. The van der Waals surface area contributed by atoms with Crippen molar-refractivity contribution in [2.24, 2.45) is 0 Å². The number of fused-ring (bicyclic) bond motifs is 1. The molecule has 2 unspecified atom stereocenters. The molecule has 0 amide bonds. The van der Waals surface area contributed by atoms with Crippen molar-refractivity contribution in [2.45, 2.75) is 30.0 Å². The van der Waals surface area contributed by atoms with Crippen molar-refractivity contribution < 1.29 is 23.1 Å². The zero-order chi connectivity index (χ0) is 21.2. The first-order chi connectivity index (χ1) is 13.8. The highest BCUT2D eigenvalue weighted by Gasteiger charge is 2.48. The van der Waals surface area contributed by atoms with E-state index in [4.69, 9.17) is 11.3 Å². The summed E-state index contributed by atoms with van der Waals surface area (Å²) in [6, 6.07) is 12.8. The molecule has 0 saturated heterocycles. The Morgan fingerprint density at radius 1 is 1.21 bits per heavy atom. The maximum atomic E-state index is 13.3. The number of hydrogen-bond acceptors (Lipinski definition) is 5. The van der Waals surface area contributed by atoms with E-state index in [1.165, 1.54) is 12.1 Å². The average molecular weight is 412 g/mol. The van der Waals surface area contributed by atoms with Crippen LogP contribution in [0.1, 0.15) is 24.0 Å². The molecule has 0 spiro atoms. The SMILES string of the molecule is [C-]#[N+]C(C(C(=O)OCC)c1c(O)[nH]c2ccccc12)S(=O)(=O)c1ccc(C)cc1. The predicted molar refractivity (Wildman–Crippen MR) is 108 cm³/mol.